The molecule has 1 aliphatic heterocycles. The van der Waals surface area contributed by atoms with Crippen molar-refractivity contribution in [2.24, 2.45) is 10.9 Å². The number of likely N-dealkylation sites (N-methyl/N-ethyl adjacent to an activating group) is 1. The van der Waals surface area contributed by atoms with Crippen molar-refractivity contribution in [1.82, 2.24) is 25.8 Å². The van der Waals surface area contributed by atoms with Crippen LogP contribution in [0.3, 0.4) is 0 Å². The lowest BCUT2D eigenvalue weighted by molar-refractivity contribution is 0.0527. The van der Waals surface area contributed by atoms with Crippen molar-refractivity contribution in [3.05, 3.63) is 0 Å². The van der Waals surface area contributed by atoms with Crippen molar-refractivity contribution >= 4 is 36.0 Å². The number of piperazine rings is 1. The van der Waals surface area contributed by atoms with Gasteiger partial charge in [0.15, 0.2) is 5.96 Å². The molecule has 9 heteroatoms. The van der Waals surface area contributed by atoms with E-state index in [1.807, 2.05) is 20.8 Å². The van der Waals surface area contributed by atoms with Gasteiger partial charge in [-0.25, -0.2) is 4.79 Å². The maximum Gasteiger partial charge on any atom is 0.407 e. The van der Waals surface area contributed by atoms with Crippen LogP contribution in [-0.2, 0) is 4.74 Å². The number of nitrogens with one attached hydrogen (secondary N) is 3. The molecule has 1 fully saturated rings. The molecule has 3 N–H and O–H groups in total. The number of carbonyl (C=O) groups is 1. The van der Waals surface area contributed by atoms with Gasteiger partial charge in [-0.15, -0.1) is 24.0 Å². The van der Waals surface area contributed by atoms with Crippen molar-refractivity contribution in [2.75, 3.05) is 66.0 Å². The zero-order chi connectivity index (χ0) is 21.0. The monoisotopic (exact) mass is 526 g/mol. The van der Waals surface area contributed by atoms with Crippen LogP contribution in [0.25, 0.3) is 0 Å². The number of hydrogen-bond acceptors (Lipinski definition) is 5. The van der Waals surface area contributed by atoms with E-state index in [-0.39, 0.29) is 30.1 Å². The molecule has 0 bridgehead atoms. The molecule has 1 saturated heterocycles. The Hall–Kier alpha value is -0.810. The highest BCUT2D eigenvalue weighted by Gasteiger charge is 2.16. The predicted molar refractivity (Wildman–Crippen MR) is 131 cm³/mol. The smallest absolute Gasteiger partial charge is 0.407 e. The lowest BCUT2D eigenvalue weighted by Gasteiger charge is -2.33. The summed E-state index contributed by atoms with van der Waals surface area (Å²) < 4.78 is 5.22. The fourth-order valence-corrected chi connectivity index (χ4v) is 2.92. The van der Waals surface area contributed by atoms with Crippen LogP contribution in [0, 0.1) is 5.92 Å². The number of guanidine groups is 1. The van der Waals surface area contributed by atoms with Crippen LogP contribution in [0.15, 0.2) is 4.99 Å². The molecule has 0 saturated carbocycles. The molecule has 1 unspecified atom stereocenters. The molecule has 0 radical (unpaired) electrons. The number of amides is 1. The quantitative estimate of drug-likeness (QED) is 0.185. The molecule has 172 valence electrons. The molecule has 29 heavy (non-hydrogen) atoms. The van der Waals surface area contributed by atoms with E-state index in [4.69, 9.17) is 9.73 Å². The maximum atomic E-state index is 11.6. The second kappa shape index (κ2) is 15.1. The Kier molecular flexibility index (Phi) is 14.6. The molecule has 0 aliphatic carbocycles. The van der Waals surface area contributed by atoms with Gasteiger partial charge in [0.1, 0.15) is 5.60 Å². The van der Waals surface area contributed by atoms with E-state index in [0.717, 1.165) is 64.7 Å². The highest BCUT2D eigenvalue weighted by molar-refractivity contribution is 14.0. The number of nitrogens with zero attached hydrogens (tertiary/aromatic N) is 3. The molecule has 1 atom stereocenters. The molecule has 0 spiro atoms. The van der Waals surface area contributed by atoms with E-state index in [9.17, 15) is 4.79 Å². The number of hydrogen-bond donors (Lipinski definition) is 3. The van der Waals surface area contributed by atoms with Crippen LogP contribution in [0.2, 0.25) is 0 Å². The summed E-state index contributed by atoms with van der Waals surface area (Å²) in [6.07, 6.45) is 0.436. The van der Waals surface area contributed by atoms with Gasteiger partial charge in [0.05, 0.1) is 0 Å². The predicted octanol–water partition coefficient (Wildman–Crippen LogP) is 1.96. The lowest BCUT2D eigenvalue weighted by Crippen LogP contribution is -2.46. The zero-order valence-corrected chi connectivity index (χ0v) is 21.5. The van der Waals surface area contributed by atoms with Gasteiger partial charge >= 0.3 is 6.09 Å². The number of rotatable bonds is 9. The van der Waals surface area contributed by atoms with Crippen LogP contribution in [0.5, 0.6) is 0 Å². The largest absolute Gasteiger partial charge is 0.444 e. The molecular weight excluding hydrogens is 483 g/mol. The Morgan fingerprint density at radius 3 is 2.31 bits per heavy atom. The van der Waals surface area contributed by atoms with Crippen LogP contribution < -0.4 is 16.0 Å². The maximum absolute atomic E-state index is 11.6. The Morgan fingerprint density at radius 2 is 1.72 bits per heavy atom. The first-order valence-electron chi connectivity index (χ1n) is 10.6. The van der Waals surface area contributed by atoms with Gasteiger partial charge in [-0.05, 0) is 47.1 Å². The molecule has 1 heterocycles. The van der Waals surface area contributed by atoms with E-state index in [2.05, 4.69) is 46.6 Å². The van der Waals surface area contributed by atoms with E-state index in [1.54, 1.807) is 0 Å². The van der Waals surface area contributed by atoms with E-state index < -0.39 is 5.60 Å². The minimum absolute atomic E-state index is 0. The minimum Gasteiger partial charge on any atom is -0.444 e. The Labute approximate surface area is 194 Å². The number of halogens is 1. The summed E-state index contributed by atoms with van der Waals surface area (Å²) >= 11 is 0. The molecular formula is C20H43IN6O2. The van der Waals surface area contributed by atoms with Crippen molar-refractivity contribution in [3.8, 4) is 0 Å². The average Bonchev–Trinajstić information content (AvgIpc) is 2.59. The van der Waals surface area contributed by atoms with Gasteiger partial charge in [0, 0.05) is 58.9 Å². The van der Waals surface area contributed by atoms with Gasteiger partial charge < -0.3 is 30.5 Å². The fourth-order valence-electron chi connectivity index (χ4n) is 2.92. The Morgan fingerprint density at radius 1 is 1.10 bits per heavy atom. The summed E-state index contributed by atoms with van der Waals surface area (Å²) in [6.45, 7) is 18.5. The molecule has 1 amide bonds. The van der Waals surface area contributed by atoms with Gasteiger partial charge in [-0.3, -0.25) is 4.99 Å². The van der Waals surface area contributed by atoms with Gasteiger partial charge in [-0.1, -0.05) is 6.92 Å². The fraction of sp³-hybridized carbons (Fsp3) is 0.900. The Balaban J connectivity index is 0.00000784. The SMILES string of the molecule is CCNC(=NCC(C)CN1CCN(C)CC1)NCCCNC(=O)OC(C)(C)C.I. The first kappa shape index (κ1) is 28.2. The van der Waals surface area contributed by atoms with Crippen molar-refractivity contribution in [1.29, 1.82) is 0 Å². The molecule has 1 aliphatic rings. The van der Waals surface area contributed by atoms with E-state index in [0.29, 0.717) is 12.5 Å². The summed E-state index contributed by atoms with van der Waals surface area (Å²) in [4.78, 5) is 21.3. The third-order valence-corrected chi connectivity index (χ3v) is 4.39. The van der Waals surface area contributed by atoms with Crippen molar-refractivity contribution < 1.29 is 9.53 Å². The van der Waals surface area contributed by atoms with Gasteiger partial charge in [0.2, 0.25) is 0 Å². The first-order chi connectivity index (χ1) is 13.2. The van der Waals surface area contributed by atoms with E-state index in [1.165, 1.54) is 0 Å². The van der Waals surface area contributed by atoms with Gasteiger partial charge in [0.25, 0.3) is 0 Å². The number of ether oxygens (including phenoxy) is 1. The molecule has 0 aromatic rings. The highest BCUT2D eigenvalue weighted by Crippen LogP contribution is 2.06. The highest BCUT2D eigenvalue weighted by atomic mass is 127. The lowest BCUT2D eigenvalue weighted by atomic mass is 10.1. The van der Waals surface area contributed by atoms with Crippen molar-refractivity contribution in [3.63, 3.8) is 0 Å². The first-order valence-corrected chi connectivity index (χ1v) is 10.6. The van der Waals surface area contributed by atoms with E-state index >= 15 is 0 Å². The standard InChI is InChI=1S/C20H42N6O2.HI/c1-7-21-18(22-9-8-10-23-19(27)28-20(3,4)5)24-15-17(2)16-26-13-11-25(6)12-14-26;/h17H,7-16H2,1-6H3,(H,23,27)(H2,21,22,24);1H. The summed E-state index contributed by atoms with van der Waals surface area (Å²) in [6, 6.07) is 0. The summed E-state index contributed by atoms with van der Waals surface area (Å²) in [5.74, 6) is 1.36. The van der Waals surface area contributed by atoms with Crippen LogP contribution in [-0.4, -0.2) is 93.4 Å². The minimum atomic E-state index is -0.464. The number of aliphatic imine (C=N–C) groups is 1. The second-order valence-corrected chi connectivity index (χ2v) is 8.64. The molecule has 0 aromatic heterocycles. The third kappa shape index (κ3) is 14.8. The van der Waals surface area contributed by atoms with Crippen LogP contribution in [0.4, 0.5) is 4.79 Å². The summed E-state index contributed by atoms with van der Waals surface area (Å²) in [5.41, 5.74) is -0.464. The van der Waals surface area contributed by atoms with Crippen LogP contribution in [0.1, 0.15) is 41.0 Å². The topological polar surface area (TPSA) is 81.2 Å². The van der Waals surface area contributed by atoms with Crippen molar-refractivity contribution in [2.45, 2.75) is 46.6 Å². The number of alkyl carbamates (subject to hydrolysis) is 1. The average molecular weight is 527 g/mol. The van der Waals surface area contributed by atoms with Crippen LogP contribution >= 0.6 is 24.0 Å². The third-order valence-electron chi connectivity index (χ3n) is 4.39. The normalized spacial score (nSPS) is 17.2. The molecule has 0 aromatic carbocycles. The number of carbonyl (C=O) groups excluding carboxylic acids is 1. The van der Waals surface area contributed by atoms with Gasteiger partial charge in [-0.2, -0.15) is 0 Å². The second-order valence-electron chi connectivity index (χ2n) is 8.64. The Bertz CT molecular complexity index is 476. The summed E-state index contributed by atoms with van der Waals surface area (Å²) in [7, 11) is 2.18. The molecule has 8 nitrogen and oxygen atoms in total. The summed E-state index contributed by atoms with van der Waals surface area (Å²) in [5, 5.41) is 9.39. The zero-order valence-electron chi connectivity index (χ0n) is 19.2. The molecule has 1 rings (SSSR count).